The first kappa shape index (κ1) is 21.3. The molecule has 1 aliphatic rings. The molecule has 30 heavy (non-hydrogen) atoms. The third kappa shape index (κ3) is 5.15. The third-order valence-corrected chi connectivity index (χ3v) is 4.72. The van der Waals surface area contributed by atoms with Crippen molar-refractivity contribution in [1.29, 1.82) is 5.26 Å². The second-order valence-corrected chi connectivity index (χ2v) is 8.22. The van der Waals surface area contributed by atoms with Crippen LogP contribution in [-0.2, 0) is 22.4 Å². The molecular formula is C23H24FN3O3. The molecule has 0 aliphatic carbocycles. The molecule has 0 fully saturated rings. The summed E-state index contributed by atoms with van der Waals surface area (Å²) in [5.74, 6) is -0.758. The Bertz CT molecular complexity index is 990. The van der Waals surface area contributed by atoms with Gasteiger partial charge in [-0.3, -0.25) is 4.79 Å². The fourth-order valence-electron chi connectivity index (χ4n) is 3.37. The molecule has 0 saturated carbocycles. The number of ether oxygens (including phenoxy) is 1. The Labute approximate surface area is 175 Å². The van der Waals surface area contributed by atoms with Crippen LogP contribution >= 0.6 is 0 Å². The number of anilines is 1. The molecule has 2 aromatic carbocycles. The topological polar surface area (TPSA) is 82.4 Å². The smallest absolute Gasteiger partial charge is 0.408 e. The average Bonchev–Trinajstić information content (AvgIpc) is 3.09. The molecule has 0 spiro atoms. The normalized spacial score (nSPS) is 13.9. The first-order chi connectivity index (χ1) is 14.2. The zero-order chi connectivity index (χ0) is 21.9. The van der Waals surface area contributed by atoms with Gasteiger partial charge in [0.05, 0.1) is 11.6 Å². The standard InChI is InChI=1S/C23H24FN3O3/c1-23(2,3)30-22(29)26-19(12-15-4-6-16(14-25)7-5-15)21(28)27-11-10-17-8-9-18(24)13-20(17)27/h4-9,13,19H,10-12H2,1-3H3,(H,26,29)/t19-/m0/s1. The first-order valence-corrected chi connectivity index (χ1v) is 9.74. The van der Waals surface area contributed by atoms with Crippen LogP contribution in [0.5, 0.6) is 0 Å². The fraction of sp³-hybridized carbons (Fsp3) is 0.348. The zero-order valence-electron chi connectivity index (χ0n) is 17.2. The van der Waals surface area contributed by atoms with E-state index >= 15 is 0 Å². The van der Waals surface area contributed by atoms with Gasteiger partial charge in [-0.05, 0) is 62.6 Å². The predicted molar refractivity (Wildman–Crippen MR) is 110 cm³/mol. The van der Waals surface area contributed by atoms with Crippen molar-refractivity contribution < 1.29 is 18.7 Å². The van der Waals surface area contributed by atoms with Crippen molar-refractivity contribution in [3.05, 3.63) is 65.0 Å². The molecule has 0 bridgehead atoms. The number of fused-ring (bicyclic) bond motifs is 1. The summed E-state index contributed by atoms with van der Waals surface area (Å²) >= 11 is 0. The lowest BCUT2D eigenvalue weighted by Crippen LogP contribution is -2.50. The van der Waals surface area contributed by atoms with E-state index in [0.29, 0.717) is 24.2 Å². The minimum Gasteiger partial charge on any atom is -0.444 e. The quantitative estimate of drug-likeness (QED) is 0.834. The highest BCUT2D eigenvalue weighted by atomic mass is 19.1. The lowest BCUT2D eigenvalue weighted by molar-refractivity contribution is -0.120. The van der Waals surface area contributed by atoms with E-state index in [1.807, 2.05) is 6.07 Å². The van der Waals surface area contributed by atoms with Gasteiger partial charge in [-0.15, -0.1) is 0 Å². The van der Waals surface area contributed by atoms with Gasteiger partial charge >= 0.3 is 6.09 Å². The molecule has 1 aliphatic heterocycles. The van der Waals surface area contributed by atoms with Gasteiger partial charge in [-0.25, -0.2) is 9.18 Å². The van der Waals surface area contributed by atoms with Crippen LogP contribution in [0.15, 0.2) is 42.5 Å². The third-order valence-electron chi connectivity index (χ3n) is 4.72. The molecule has 0 radical (unpaired) electrons. The van der Waals surface area contributed by atoms with Crippen LogP contribution in [-0.4, -0.2) is 30.2 Å². The number of nitrogens with zero attached hydrogens (tertiary/aromatic N) is 2. The highest BCUT2D eigenvalue weighted by Gasteiger charge is 2.32. The Kier molecular flexibility index (Phi) is 6.06. The Morgan fingerprint density at radius 3 is 2.57 bits per heavy atom. The van der Waals surface area contributed by atoms with Crippen LogP contribution in [0.4, 0.5) is 14.9 Å². The van der Waals surface area contributed by atoms with E-state index in [1.165, 1.54) is 17.0 Å². The zero-order valence-corrected chi connectivity index (χ0v) is 17.2. The van der Waals surface area contributed by atoms with Gasteiger partial charge in [-0.1, -0.05) is 18.2 Å². The number of hydrogen-bond donors (Lipinski definition) is 1. The van der Waals surface area contributed by atoms with Crippen molar-refractivity contribution in [2.24, 2.45) is 0 Å². The Balaban J connectivity index is 1.85. The Morgan fingerprint density at radius 2 is 1.93 bits per heavy atom. The van der Waals surface area contributed by atoms with E-state index in [4.69, 9.17) is 10.00 Å². The van der Waals surface area contributed by atoms with Gasteiger partial charge < -0.3 is 15.0 Å². The maximum absolute atomic E-state index is 13.8. The second kappa shape index (κ2) is 8.54. The minimum absolute atomic E-state index is 0.213. The summed E-state index contributed by atoms with van der Waals surface area (Å²) in [6.45, 7) is 5.63. The molecule has 156 valence electrons. The van der Waals surface area contributed by atoms with Crippen molar-refractivity contribution in [3.63, 3.8) is 0 Å². The van der Waals surface area contributed by atoms with Crippen LogP contribution in [0.2, 0.25) is 0 Å². The van der Waals surface area contributed by atoms with Crippen LogP contribution in [0.1, 0.15) is 37.5 Å². The summed E-state index contributed by atoms with van der Waals surface area (Å²) in [4.78, 5) is 27.2. The SMILES string of the molecule is CC(C)(C)OC(=O)N[C@@H](Cc1ccc(C#N)cc1)C(=O)N1CCc2ccc(F)cc21. The first-order valence-electron chi connectivity index (χ1n) is 9.74. The van der Waals surface area contributed by atoms with Crippen molar-refractivity contribution in [2.45, 2.75) is 45.3 Å². The van der Waals surface area contributed by atoms with Gasteiger partial charge in [0.2, 0.25) is 5.91 Å². The van der Waals surface area contributed by atoms with Gasteiger partial charge in [-0.2, -0.15) is 5.26 Å². The lowest BCUT2D eigenvalue weighted by atomic mass is 10.0. The maximum Gasteiger partial charge on any atom is 0.408 e. The largest absolute Gasteiger partial charge is 0.444 e. The summed E-state index contributed by atoms with van der Waals surface area (Å²) in [5, 5.41) is 11.6. The second-order valence-electron chi connectivity index (χ2n) is 8.22. The molecular weight excluding hydrogens is 385 g/mol. The monoisotopic (exact) mass is 409 g/mol. The molecule has 2 aromatic rings. The van der Waals surface area contributed by atoms with E-state index in [0.717, 1.165) is 11.1 Å². The number of carbonyl (C=O) groups excluding carboxylic acids is 2. The van der Waals surface area contributed by atoms with Gasteiger partial charge in [0.25, 0.3) is 0 Å². The maximum atomic E-state index is 13.8. The fourth-order valence-corrected chi connectivity index (χ4v) is 3.37. The average molecular weight is 409 g/mol. The van der Waals surface area contributed by atoms with Crippen molar-refractivity contribution in [3.8, 4) is 6.07 Å². The minimum atomic E-state index is -0.901. The Hall–Kier alpha value is -3.40. The van der Waals surface area contributed by atoms with Crippen LogP contribution in [0, 0.1) is 17.1 Å². The summed E-state index contributed by atoms with van der Waals surface area (Å²) in [7, 11) is 0. The van der Waals surface area contributed by atoms with Crippen LogP contribution in [0.25, 0.3) is 0 Å². The van der Waals surface area contributed by atoms with E-state index in [1.54, 1.807) is 51.1 Å². The number of benzene rings is 2. The molecule has 3 rings (SSSR count). The van der Waals surface area contributed by atoms with Crippen LogP contribution < -0.4 is 10.2 Å². The Morgan fingerprint density at radius 1 is 1.23 bits per heavy atom. The van der Waals surface area contributed by atoms with Crippen LogP contribution in [0.3, 0.4) is 0 Å². The van der Waals surface area contributed by atoms with Gasteiger partial charge in [0, 0.05) is 18.7 Å². The van der Waals surface area contributed by atoms with E-state index in [2.05, 4.69) is 5.32 Å². The van der Waals surface area contributed by atoms with Gasteiger partial charge in [0.15, 0.2) is 0 Å². The summed E-state index contributed by atoms with van der Waals surface area (Å²) in [6.07, 6.45) is 0.135. The predicted octanol–water partition coefficient (Wildman–Crippen LogP) is 3.72. The summed E-state index contributed by atoms with van der Waals surface area (Å²) in [5.41, 5.74) is 1.98. The van der Waals surface area contributed by atoms with E-state index in [-0.39, 0.29) is 12.3 Å². The number of nitrogens with one attached hydrogen (secondary N) is 1. The number of rotatable bonds is 4. The molecule has 1 N–H and O–H groups in total. The highest BCUT2D eigenvalue weighted by Crippen LogP contribution is 2.29. The van der Waals surface area contributed by atoms with Gasteiger partial charge in [0.1, 0.15) is 17.5 Å². The number of carbonyl (C=O) groups is 2. The number of alkyl carbamates (subject to hydrolysis) is 1. The van der Waals surface area contributed by atoms with Crippen molar-refractivity contribution in [1.82, 2.24) is 5.32 Å². The number of amides is 2. The molecule has 6 nitrogen and oxygen atoms in total. The summed E-state index contributed by atoms with van der Waals surface area (Å²) < 4.78 is 19.1. The molecule has 2 amide bonds. The molecule has 1 atom stereocenters. The molecule has 0 aromatic heterocycles. The molecule has 1 heterocycles. The van der Waals surface area contributed by atoms with E-state index < -0.39 is 23.6 Å². The summed E-state index contributed by atoms with van der Waals surface area (Å²) in [6, 6.07) is 12.3. The number of halogens is 1. The van der Waals surface area contributed by atoms with E-state index in [9.17, 15) is 14.0 Å². The molecule has 0 saturated heterocycles. The number of hydrogen-bond acceptors (Lipinski definition) is 4. The number of nitriles is 1. The lowest BCUT2D eigenvalue weighted by Gasteiger charge is -2.27. The molecule has 0 unspecified atom stereocenters. The highest BCUT2D eigenvalue weighted by molar-refractivity contribution is 6.00. The van der Waals surface area contributed by atoms with Crippen molar-refractivity contribution >= 4 is 17.7 Å². The van der Waals surface area contributed by atoms with Crippen molar-refractivity contribution in [2.75, 3.05) is 11.4 Å². The molecule has 7 heteroatoms.